The normalized spacial score (nSPS) is 9.11. The van der Waals surface area contributed by atoms with Crippen LogP contribution in [0.2, 0.25) is 0 Å². The molecule has 0 unspecified atom stereocenters. The molecule has 0 aliphatic heterocycles. The maximum Gasteiger partial charge on any atom is 0.324 e. The first-order valence-corrected chi connectivity index (χ1v) is 3.17. The van der Waals surface area contributed by atoms with E-state index in [-0.39, 0.29) is 5.97 Å². The molecule has 0 aromatic carbocycles. The van der Waals surface area contributed by atoms with Gasteiger partial charge in [-0.25, -0.2) is 0 Å². The van der Waals surface area contributed by atoms with Crippen LogP contribution in [0.4, 0.5) is 0 Å². The van der Waals surface area contributed by atoms with Crippen LogP contribution in [0, 0.1) is 0 Å². The highest BCUT2D eigenvalue weighted by molar-refractivity contribution is 5.68. The minimum atomic E-state index is -0.181. The van der Waals surface area contributed by atoms with Crippen molar-refractivity contribution >= 4 is 5.97 Å². The van der Waals surface area contributed by atoms with Crippen LogP contribution in [0.1, 0.15) is 26.2 Å². The molecule has 0 aromatic heterocycles. The van der Waals surface area contributed by atoms with Crippen LogP contribution >= 0.6 is 0 Å². The lowest BCUT2D eigenvalue weighted by atomic mass is 10.3. The topological polar surface area (TPSA) is 38.3 Å². The zero-order valence-electron chi connectivity index (χ0n) is 5.94. The van der Waals surface area contributed by atoms with Crippen molar-refractivity contribution in [2.75, 3.05) is 7.05 Å². The fourth-order valence-corrected chi connectivity index (χ4v) is 0.486. The molecule has 0 radical (unpaired) electrons. The van der Waals surface area contributed by atoms with Crippen molar-refractivity contribution in [1.82, 2.24) is 5.48 Å². The molecule has 0 saturated carbocycles. The summed E-state index contributed by atoms with van der Waals surface area (Å²) in [5.41, 5.74) is 2.33. The summed E-state index contributed by atoms with van der Waals surface area (Å²) in [6.07, 6.45) is 2.44. The molecule has 0 spiro atoms. The third-order valence-electron chi connectivity index (χ3n) is 0.950. The molecule has 0 aliphatic carbocycles. The number of rotatable bonds is 4. The van der Waals surface area contributed by atoms with Gasteiger partial charge in [0, 0.05) is 13.5 Å². The van der Waals surface area contributed by atoms with Crippen LogP contribution in [0.3, 0.4) is 0 Å². The van der Waals surface area contributed by atoms with Crippen molar-refractivity contribution in [3.8, 4) is 0 Å². The van der Waals surface area contributed by atoms with Crippen LogP contribution < -0.4 is 5.48 Å². The van der Waals surface area contributed by atoms with E-state index in [2.05, 4.69) is 10.3 Å². The maximum absolute atomic E-state index is 10.5. The molecular formula is C6H13NO2. The standard InChI is InChI=1S/C6H13NO2/c1-3-4-5-6(8)9-7-2/h7H,3-5H2,1-2H3. The minimum Gasteiger partial charge on any atom is -0.371 e. The van der Waals surface area contributed by atoms with E-state index >= 15 is 0 Å². The second kappa shape index (κ2) is 5.56. The van der Waals surface area contributed by atoms with Crippen LogP contribution in [0.25, 0.3) is 0 Å². The Balaban J connectivity index is 3.06. The molecule has 0 atom stereocenters. The van der Waals surface area contributed by atoms with E-state index in [1.807, 2.05) is 6.92 Å². The molecule has 1 N–H and O–H groups in total. The van der Waals surface area contributed by atoms with Gasteiger partial charge >= 0.3 is 5.97 Å². The average Bonchev–Trinajstić information content (AvgIpc) is 1.85. The maximum atomic E-state index is 10.5. The molecule has 0 heterocycles. The molecule has 0 bridgehead atoms. The Morgan fingerprint density at radius 3 is 2.78 bits per heavy atom. The molecule has 0 amide bonds. The lowest BCUT2D eigenvalue weighted by molar-refractivity contribution is -0.150. The highest BCUT2D eigenvalue weighted by Crippen LogP contribution is 1.93. The first kappa shape index (κ1) is 8.43. The Bertz CT molecular complexity index is 83.1. The monoisotopic (exact) mass is 131 g/mol. The number of hydrogen-bond acceptors (Lipinski definition) is 3. The minimum absolute atomic E-state index is 0.181. The van der Waals surface area contributed by atoms with Gasteiger partial charge in [0.2, 0.25) is 0 Å². The summed E-state index contributed by atoms with van der Waals surface area (Å²) in [4.78, 5) is 15.0. The lowest BCUT2D eigenvalue weighted by Crippen LogP contribution is -2.14. The van der Waals surface area contributed by atoms with E-state index in [0.717, 1.165) is 12.8 Å². The van der Waals surface area contributed by atoms with Gasteiger partial charge < -0.3 is 4.84 Å². The SMILES string of the molecule is CCCCC(=O)ONC. The van der Waals surface area contributed by atoms with Gasteiger partial charge in [0.1, 0.15) is 0 Å². The predicted molar refractivity (Wildman–Crippen MR) is 34.7 cm³/mol. The molecule has 3 nitrogen and oxygen atoms in total. The Morgan fingerprint density at radius 2 is 2.33 bits per heavy atom. The fourth-order valence-electron chi connectivity index (χ4n) is 0.486. The number of carbonyl (C=O) groups is 1. The summed E-state index contributed by atoms with van der Waals surface area (Å²) >= 11 is 0. The van der Waals surface area contributed by atoms with E-state index < -0.39 is 0 Å². The Labute approximate surface area is 55.3 Å². The number of nitrogens with one attached hydrogen (secondary N) is 1. The average molecular weight is 131 g/mol. The van der Waals surface area contributed by atoms with Crippen LogP contribution in [-0.4, -0.2) is 13.0 Å². The van der Waals surface area contributed by atoms with Gasteiger partial charge in [-0.05, 0) is 6.42 Å². The third kappa shape index (κ3) is 5.30. The molecule has 9 heavy (non-hydrogen) atoms. The van der Waals surface area contributed by atoms with E-state index in [4.69, 9.17) is 0 Å². The molecule has 0 fully saturated rings. The van der Waals surface area contributed by atoms with E-state index in [0.29, 0.717) is 6.42 Å². The lowest BCUT2D eigenvalue weighted by Gasteiger charge is -1.98. The smallest absolute Gasteiger partial charge is 0.324 e. The molecule has 54 valence electrons. The summed E-state index contributed by atoms with van der Waals surface area (Å²) in [7, 11) is 1.57. The number of carbonyl (C=O) groups excluding carboxylic acids is 1. The summed E-state index contributed by atoms with van der Waals surface area (Å²) in [6.45, 7) is 2.03. The molecule has 0 aliphatic rings. The number of unbranched alkanes of at least 4 members (excludes halogenated alkanes) is 1. The Kier molecular flexibility index (Phi) is 5.21. The van der Waals surface area contributed by atoms with Crippen LogP contribution in [-0.2, 0) is 9.63 Å². The van der Waals surface area contributed by atoms with Gasteiger partial charge in [-0.15, -0.1) is 0 Å². The first-order valence-electron chi connectivity index (χ1n) is 3.17. The quantitative estimate of drug-likeness (QED) is 0.575. The Hall–Kier alpha value is -0.570. The molecule has 0 aromatic rings. The summed E-state index contributed by atoms with van der Waals surface area (Å²) in [6, 6.07) is 0. The third-order valence-corrected chi connectivity index (χ3v) is 0.950. The van der Waals surface area contributed by atoms with Crippen molar-refractivity contribution in [2.24, 2.45) is 0 Å². The van der Waals surface area contributed by atoms with Gasteiger partial charge in [0.25, 0.3) is 0 Å². The summed E-state index contributed by atoms with van der Waals surface area (Å²) in [5, 5.41) is 0. The highest BCUT2D eigenvalue weighted by atomic mass is 16.7. The van der Waals surface area contributed by atoms with Crippen LogP contribution in [0.5, 0.6) is 0 Å². The van der Waals surface area contributed by atoms with E-state index in [1.54, 1.807) is 7.05 Å². The van der Waals surface area contributed by atoms with Crippen molar-refractivity contribution in [2.45, 2.75) is 26.2 Å². The summed E-state index contributed by atoms with van der Waals surface area (Å²) in [5.74, 6) is -0.181. The number of hydroxylamine groups is 1. The van der Waals surface area contributed by atoms with Gasteiger partial charge in [0.15, 0.2) is 0 Å². The van der Waals surface area contributed by atoms with Crippen LogP contribution in [0.15, 0.2) is 0 Å². The Morgan fingerprint density at radius 1 is 1.67 bits per heavy atom. The predicted octanol–water partition coefficient (Wildman–Crippen LogP) is 0.854. The zero-order valence-corrected chi connectivity index (χ0v) is 5.94. The molecule has 0 saturated heterocycles. The first-order chi connectivity index (χ1) is 4.31. The molecule has 0 rings (SSSR count). The zero-order chi connectivity index (χ0) is 7.11. The van der Waals surface area contributed by atoms with Gasteiger partial charge in [-0.1, -0.05) is 13.3 Å². The second-order valence-electron chi connectivity index (χ2n) is 1.78. The second-order valence-corrected chi connectivity index (χ2v) is 1.78. The van der Waals surface area contributed by atoms with E-state index in [9.17, 15) is 4.79 Å². The van der Waals surface area contributed by atoms with E-state index in [1.165, 1.54) is 0 Å². The largest absolute Gasteiger partial charge is 0.371 e. The van der Waals surface area contributed by atoms with Gasteiger partial charge in [0.05, 0.1) is 0 Å². The van der Waals surface area contributed by atoms with Crippen molar-refractivity contribution in [1.29, 1.82) is 0 Å². The van der Waals surface area contributed by atoms with Gasteiger partial charge in [-0.2, -0.15) is 5.48 Å². The highest BCUT2D eigenvalue weighted by Gasteiger charge is 1.97. The fraction of sp³-hybridized carbons (Fsp3) is 0.833. The van der Waals surface area contributed by atoms with Gasteiger partial charge in [-0.3, -0.25) is 4.79 Å². The van der Waals surface area contributed by atoms with Crippen molar-refractivity contribution in [3.05, 3.63) is 0 Å². The molecular weight excluding hydrogens is 118 g/mol. The molecule has 3 heteroatoms. The van der Waals surface area contributed by atoms with Crippen molar-refractivity contribution in [3.63, 3.8) is 0 Å². The summed E-state index contributed by atoms with van der Waals surface area (Å²) < 4.78 is 0. The van der Waals surface area contributed by atoms with Crippen molar-refractivity contribution < 1.29 is 9.63 Å². The number of hydrogen-bond donors (Lipinski definition) is 1.